The van der Waals surface area contributed by atoms with Gasteiger partial charge in [0.1, 0.15) is 17.7 Å². The Morgan fingerprint density at radius 1 is 1.11 bits per heavy atom. The minimum atomic E-state index is -1.28. The van der Waals surface area contributed by atoms with Gasteiger partial charge in [-0.05, 0) is 50.5 Å². The molecule has 0 aromatic heterocycles. The van der Waals surface area contributed by atoms with Gasteiger partial charge in [0.05, 0.1) is 6.61 Å². The van der Waals surface area contributed by atoms with Crippen molar-refractivity contribution >= 4 is 24.0 Å². The monoisotopic (exact) mass is 481 g/mol. The normalized spacial score (nSPS) is 12.7. The fourth-order valence-corrected chi connectivity index (χ4v) is 3.51. The van der Waals surface area contributed by atoms with E-state index in [2.05, 4.69) is 17.2 Å². The number of nitrogens with zero attached hydrogens (tertiary/aromatic N) is 1. The number of nitrogens with one attached hydrogen (secondary N) is 2. The van der Waals surface area contributed by atoms with Gasteiger partial charge in [-0.15, -0.1) is 0 Å². The summed E-state index contributed by atoms with van der Waals surface area (Å²) in [7, 11) is 0. The minimum Gasteiger partial charge on any atom is -0.444 e. The fourth-order valence-electron chi connectivity index (χ4n) is 3.51. The molecule has 0 saturated carbocycles. The van der Waals surface area contributed by atoms with Gasteiger partial charge in [0, 0.05) is 13.1 Å². The van der Waals surface area contributed by atoms with Crippen LogP contribution in [0.4, 0.5) is 4.79 Å². The van der Waals surface area contributed by atoms with E-state index in [9.17, 15) is 19.5 Å². The zero-order chi connectivity index (χ0) is 26.0. The van der Waals surface area contributed by atoms with Crippen LogP contribution >= 0.6 is 0 Å². The lowest BCUT2D eigenvalue weighted by atomic mass is 10.0. The fraction of sp³-hybridized carbons (Fsp3) is 0.370. The van der Waals surface area contributed by atoms with E-state index in [4.69, 9.17) is 4.74 Å². The van der Waals surface area contributed by atoms with Crippen LogP contribution in [-0.2, 0) is 20.9 Å². The van der Waals surface area contributed by atoms with Crippen molar-refractivity contribution in [3.63, 3.8) is 0 Å². The van der Waals surface area contributed by atoms with Gasteiger partial charge >= 0.3 is 6.09 Å². The Morgan fingerprint density at radius 2 is 1.80 bits per heavy atom. The van der Waals surface area contributed by atoms with Crippen LogP contribution in [0.2, 0.25) is 0 Å². The lowest BCUT2D eigenvalue weighted by Gasteiger charge is -2.33. The maximum atomic E-state index is 13.5. The first-order valence-corrected chi connectivity index (χ1v) is 11.5. The molecule has 0 saturated heterocycles. The summed E-state index contributed by atoms with van der Waals surface area (Å²) in [5.74, 6) is -0.996. The van der Waals surface area contributed by atoms with Gasteiger partial charge in [-0.3, -0.25) is 9.59 Å². The summed E-state index contributed by atoms with van der Waals surface area (Å²) in [5.41, 5.74) is 1.51. The van der Waals surface area contributed by atoms with Crippen molar-refractivity contribution in [2.45, 2.75) is 51.9 Å². The highest BCUT2D eigenvalue weighted by molar-refractivity contribution is 5.92. The van der Waals surface area contributed by atoms with Crippen molar-refractivity contribution in [1.82, 2.24) is 15.5 Å². The van der Waals surface area contributed by atoms with Gasteiger partial charge in [-0.25, -0.2) is 4.79 Å². The molecule has 0 spiro atoms. The van der Waals surface area contributed by atoms with Crippen molar-refractivity contribution in [3.05, 3.63) is 77.9 Å². The molecule has 3 N–H and O–H groups in total. The number of alkyl carbamates (subject to hydrolysis) is 1. The summed E-state index contributed by atoms with van der Waals surface area (Å²) in [6, 6.07) is 14.3. The predicted octanol–water partition coefficient (Wildman–Crippen LogP) is 3.42. The number of hydrogen-bond acceptors (Lipinski definition) is 5. The summed E-state index contributed by atoms with van der Waals surface area (Å²) in [6.45, 7) is 10.4. The first kappa shape index (κ1) is 27.6. The van der Waals surface area contributed by atoms with Crippen LogP contribution < -0.4 is 10.6 Å². The topological polar surface area (TPSA) is 108 Å². The van der Waals surface area contributed by atoms with Crippen molar-refractivity contribution in [1.29, 1.82) is 0 Å². The number of amides is 3. The van der Waals surface area contributed by atoms with Gasteiger partial charge in [-0.1, -0.05) is 61.2 Å². The molecule has 2 aromatic rings. The van der Waals surface area contributed by atoms with E-state index in [1.54, 1.807) is 52.0 Å². The van der Waals surface area contributed by atoms with E-state index in [1.807, 2.05) is 36.4 Å². The van der Waals surface area contributed by atoms with Gasteiger partial charge in [-0.2, -0.15) is 0 Å². The van der Waals surface area contributed by atoms with E-state index in [-0.39, 0.29) is 19.0 Å². The molecule has 0 aliphatic rings. The second kappa shape index (κ2) is 12.7. The van der Waals surface area contributed by atoms with Crippen molar-refractivity contribution in [2.24, 2.45) is 0 Å². The molecular weight excluding hydrogens is 446 g/mol. The Hall–Kier alpha value is -3.65. The zero-order valence-corrected chi connectivity index (χ0v) is 20.8. The molecule has 0 aliphatic heterocycles. The molecule has 188 valence electrons. The lowest BCUT2D eigenvalue weighted by Crippen LogP contribution is -2.54. The molecule has 0 heterocycles. The van der Waals surface area contributed by atoms with E-state index in [0.29, 0.717) is 5.56 Å². The number of carbonyl (C=O) groups is 3. The summed E-state index contributed by atoms with van der Waals surface area (Å²) < 4.78 is 5.22. The molecule has 8 nitrogen and oxygen atoms in total. The number of carbonyl (C=O) groups excluding carboxylic acids is 3. The SMILES string of the molecule is C=Cc1cccc(C(C(=O)NCc2ccccc2)N(CC)C(=O)C(CO)NC(=O)OC(C)(C)C)c1. The number of ether oxygens (including phenoxy) is 1. The quantitative estimate of drug-likeness (QED) is 0.482. The Kier molecular flexibility index (Phi) is 10.0. The lowest BCUT2D eigenvalue weighted by molar-refractivity contribution is -0.143. The third kappa shape index (κ3) is 8.26. The summed E-state index contributed by atoms with van der Waals surface area (Å²) in [5, 5.41) is 15.2. The molecule has 0 aliphatic carbocycles. The number of rotatable bonds is 10. The molecule has 35 heavy (non-hydrogen) atoms. The molecule has 0 bridgehead atoms. The van der Waals surface area contributed by atoms with Crippen LogP contribution in [0.1, 0.15) is 50.4 Å². The van der Waals surface area contributed by atoms with Crippen molar-refractivity contribution < 1.29 is 24.2 Å². The maximum Gasteiger partial charge on any atom is 0.408 e. The van der Waals surface area contributed by atoms with Gasteiger partial charge in [0.2, 0.25) is 11.8 Å². The highest BCUT2D eigenvalue weighted by Crippen LogP contribution is 2.24. The number of hydrogen-bond donors (Lipinski definition) is 3. The van der Waals surface area contributed by atoms with Gasteiger partial charge < -0.3 is 25.4 Å². The molecule has 2 unspecified atom stereocenters. The van der Waals surface area contributed by atoms with Crippen molar-refractivity contribution in [2.75, 3.05) is 13.2 Å². The van der Waals surface area contributed by atoms with Crippen LogP contribution in [0, 0.1) is 0 Å². The average Bonchev–Trinajstić information content (AvgIpc) is 2.83. The Balaban J connectivity index is 2.35. The number of aliphatic hydroxyl groups excluding tert-OH is 1. The summed E-state index contributed by atoms with van der Waals surface area (Å²) in [6.07, 6.45) is 0.820. The molecule has 2 aromatic carbocycles. The molecule has 8 heteroatoms. The van der Waals surface area contributed by atoms with E-state index in [0.717, 1.165) is 11.1 Å². The molecule has 2 rings (SSSR count). The minimum absolute atomic E-state index is 0.160. The molecule has 0 fully saturated rings. The number of aliphatic hydroxyl groups is 1. The van der Waals surface area contributed by atoms with Crippen LogP contribution in [0.15, 0.2) is 61.2 Å². The highest BCUT2D eigenvalue weighted by Gasteiger charge is 2.35. The smallest absolute Gasteiger partial charge is 0.408 e. The Morgan fingerprint density at radius 3 is 2.37 bits per heavy atom. The van der Waals surface area contributed by atoms with E-state index >= 15 is 0 Å². The number of likely N-dealkylation sites (N-methyl/N-ethyl adjacent to an activating group) is 1. The first-order chi connectivity index (χ1) is 16.6. The standard InChI is InChI=1S/C27H35N3O5/c1-6-19-14-11-15-21(16-19)23(24(32)28-17-20-12-9-8-10-13-20)30(7-2)25(33)22(18-31)29-26(34)35-27(3,4)5/h6,8-16,22-23,31H,1,7,17-18H2,2-5H3,(H,28,32)(H,29,34). The van der Waals surface area contributed by atoms with Crippen LogP contribution in [0.25, 0.3) is 6.08 Å². The van der Waals surface area contributed by atoms with E-state index in [1.165, 1.54) is 4.90 Å². The van der Waals surface area contributed by atoms with Gasteiger partial charge in [0.15, 0.2) is 0 Å². The van der Waals surface area contributed by atoms with Crippen LogP contribution in [-0.4, -0.2) is 52.7 Å². The zero-order valence-electron chi connectivity index (χ0n) is 20.8. The maximum absolute atomic E-state index is 13.5. The molecule has 0 radical (unpaired) electrons. The first-order valence-electron chi connectivity index (χ1n) is 11.5. The summed E-state index contributed by atoms with van der Waals surface area (Å²) in [4.78, 5) is 40.5. The highest BCUT2D eigenvalue weighted by atomic mass is 16.6. The van der Waals surface area contributed by atoms with Crippen molar-refractivity contribution in [3.8, 4) is 0 Å². The molecule has 3 amide bonds. The largest absolute Gasteiger partial charge is 0.444 e. The molecule has 2 atom stereocenters. The van der Waals surface area contributed by atoms with Gasteiger partial charge in [0.25, 0.3) is 0 Å². The average molecular weight is 482 g/mol. The molecular formula is C27H35N3O5. The predicted molar refractivity (Wildman–Crippen MR) is 135 cm³/mol. The summed E-state index contributed by atoms with van der Waals surface area (Å²) >= 11 is 0. The number of benzene rings is 2. The third-order valence-electron chi connectivity index (χ3n) is 5.13. The van der Waals surface area contributed by atoms with Crippen LogP contribution in [0.5, 0.6) is 0 Å². The van der Waals surface area contributed by atoms with Crippen LogP contribution in [0.3, 0.4) is 0 Å². The Bertz CT molecular complexity index is 1020. The third-order valence-corrected chi connectivity index (χ3v) is 5.13. The Labute approximate surface area is 207 Å². The second-order valence-electron chi connectivity index (χ2n) is 8.99. The second-order valence-corrected chi connectivity index (χ2v) is 8.99. The van der Waals surface area contributed by atoms with E-state index < -0.39 is 36.3 Å².